The highest BCUT2D eigenvalue weighted by Crippen LogP contribution is 2.20. The van der Waals surface area contributed by atoms with Crippen LogP contribution in [0.5, 0.6) is 0 Å². The second-order valence-corrected chi connectivity index (χ2v) is 5.86. The molecule has 122 valence electrons. The quantitative estimate of drug-likeness (QED) is 0.889. The van der Waals surface area contributed by atoms with Crippen molar-refractivity contribution in [1.82, 2.24) is 20.2 Å². The highest BCUT2D eigenvalue weighted by Gasteiger charge is 2.28. The van der Waals surface area contributed by atoms with Gasteiger partial charge in [-0.2, -0.15) is 0 Å². The zero-order valence-electron chi connectivity index (χ0n) is 13.0. The molecule has 1 saturated heterocycles. The third kappa shape index (κ3) is 4.16. The minimum Gasteiger partial charge on any atom is -0.348 e. The Bertz CT molecular complexity index is 627. The first-order chi connectivity index (χ1) is 11.2. The molecule has 1 fully saturated rings. The SMILES string of the molecule is O=C(NCc1ncc[nH]1)C1CCCCN1Cc1ccc(F)cc1. The number of carbonyl (C=O) groups excluding carboxylic acids is 1. The van der Waals surface area contributed by atoms with Crippen LogP contribution in [0.1, 0.15) is 30.7 Å². The Labute approximate surface area is 134 Å². The van der Waals surface area contributed by atoms with Crippen LogP contribution in [0.4, 0.5) is 4.39 Å². The molecule has 1 aromatic carbocycles. The number of carbonyl (C=O) groups is 1. The molecule has 0 spiro atoms. The van der Waals surface area contributed by atoms with Crippen LogP contribution >= 0.6 is 0 Å². The second-order valence-electron chi connectivity index (χ2n) is 5.86. The number of rotatable bonds is 5. The number of imidazole rings is 1. The molecule has 0 saturated carbocycles. The molecule has 2 heterocycles. The van der Waals surface area contributed by atoms with Gasteiger partial charge < -0.3 is 10.3 Å². The lowest BCUT2D eigenvalue weighted by Crippen LogP contribution is -2.48. The molecule has 3 rings (SSSR count). The molecule has 1 unspecified atom stereocenters. The summed E-state index contributed by atoms with van der Waals surface area (Å²) >= 11 is 0. The molecule has 23 heavy (non-hydrogen) atoms. The lowest BCUT2D eigenvalue weighted by atomic mass is 10.0. The number of nitrogens with one attached hydrogen (secondary N) is 2. The van der Waals surface area contributed by atoms with Crippen molar-refractivity contribution in [1.29, 1.82) is 0 Å². The maximum atomic E-state index is 13.0. The van der Waals surface area contributed by atoms with E-state index in [1.54, 1.807) is 24.5 Å². The molecule has 6 heteroatoms. The van der Waals surface area contributed by atoms with E-state index in [1.165, 1.54) is 12.1 Å². The fraction of sp³-hybridized carbons (Fsp3) is 0.412. The van der Waals surface area contributed by atoms with E-state index in [-0.39, 0.29) is 17.8 Å². The average Bonchev–Trinajstić information content (AvgIpc) is 3.09. The van der Waals surface area contributed by atoms with Gasteiger partial charge in [0.25, 0.3) is 0 Å². The van der Waals surface area contributed by atoms with E-state index in [2.05, 4.69) is 20.2 Å². The highest BCUT2D eigenvalue weighted by atomic mass is 19.1. The minimum absolute atomic E-state index is 0.0308. The monoisotopic (exact) mass is 316 g/mol. The van der Waals surface area contributed by atoms with Gasteiger partial charge in [-0.1, -0.05) is 18.6 Å². The average molecular weight is 316 g/mol. The van der Waals surface area contributed by atoms with Crippen molar-refractivity contribution in [3.05, 3.63) is 53.9 Å². The first-order valence-electron chi connectivity index (χ1n) is 7.97. The van der Waals surface area contributed by atoms with Gasteiger partial charge in [-0.15, -0.1) is 0 Å². The van der Waals surface area contributed by atoms with Crippen LogP contribution in [-0.4, -0.2) is 33.4 Å². The third-order valence-corrected chi connectivity index (χ3v) is 4.20. The van der Waals surface area contributed by atoms with Crippen molar-refractivity contribution in [3.63, 3.8) is 0 Å². The van der Waals surface area contributed by atoms with Crippen molar-refractivity contribution in [2.24, 2.45) is 0 Å². The molecule has 1 atom stereocenters. The van der Waals surface area contributed by atoms with Gasteiger partial charge in [0.15, 0.2) is 0 Å². The van der Waals surface area contributed by atoms with Gasteiger partial charge in [-0.3, -0.25) is 9.69 Å². The summed E-state index contributed by atoms with van der Waals surface area (Å²) in [4.78, 5) is 21.8. The standard InChI is InChI=1S/C17H21FN4O/c18-14-6-4-13(5-7-14)12-22-10-2-1-3-15(22)17(23)21-11-16-19-8-9-20-16/h4-9,15H,1-3,10-12H2,(H,19,20)(H,21,23). The number of halogens is 1. The zero-order valence-corrected chi connectivity index (χ0v) is 13.0. The van der Waals surface area contributed by atoms with Crippen molar-refractivity contribution in [2.75, 3.05) is 6.54 Å². The number of piperidine rings is 1. The van der Waals surface area contributed by atoms with Crippen LogP contribution in [0.3, 0.4) is 0 Å². The topological polar surface area (TPSA) is 61.0 Å². The smallest absolute Gasteiger partial charge is 0.237 e. The summed E-state index contributed by atoms with van der Waals surface area (Å²) in [5, 5.41) is 2.95. The summed E-state index contributed by atoms with van der Waals surface area (Å²) in [5.74, 6) is 0.544. The first kappa shape index (κ1) is 15.7. The molecule has 2 aromatic rings. The van der Waals surface area contributed by atoms with Crippen LogP contribution in [0.15, 0.2) is 36.7 Å². The van der Waals surface area contributed by atoms with E-state index in [0.717, 1.165) is 37.2 Å². The van der Waals surface area contributed by atoms with Crippen molar-refractivity contribution in [2.45, 2.75) is 38.4 Å². The zero-order chi connectivity index (χ0) is 16.1. The third-order valence-electron chi connectivity index (χ3n) is 4.20. The summed E-state index contributed by atoms with van der Waals surface area (Å²) < 4.78 is 13.0. The number of benzene rings is 1. The molecule has 5 nitrogen and oxygen atoms in total. The van der Waals surface area contributed by atoms with Gasteiger partial charge in [0.2, 0.25) is 5.91 Å². The number of H-pyrrole nitrogens is 1. The summed E-state index contributed by atoms with van der Waals surface area (Å²) in [6.45, 7) is 1.96. The number of nitrogens with zero attached hydrogens (tertiary/aromatic N) is 2. The number of aromatic amines is 1. The Morgan fingerprint density at radius 1 is 1.35 bits per heavy atom. The Balaban J connectivity index is 1.61. The molecule has 1 aliphatic rings. The Morgan fingerprint density at radius 2 is 2.17 bits per heavy atom. The molecule has 1 aliphatic heterocycles. The number of aromatic nitrogens is 2. The first-order valence-corrected chi connectivity index (χ1v) is 7.97. The van der Waals surface area contributed by atoms with Gasteiger partial charge in [-0.05, 0) is 37.1 Å². The van der Waals surface area contributed by atoms with E-state index >= 15 is 0 Å². The van der Waals surface area contributed by atoms with Crippen LogP contribution in [0.2, 0.25) is 0 Å². The normalized spacial score (nSPS) is 18.7. The van der Waals surface area contributed by atoms with Crippen LogP contribution < -0.4 is 5.32 Å². The molecule has 1 amide bonds. The fourth-order valence-electron chi connectivity index (χ4n) is 2.98. The fourth-order valence-corrected chi connectivity index (χ4v) is 2.98. The summed E-state index contributed by atoms with van der Waals surface area (Å²) in [6, 6.07) is 6.35. The molecule has 0 bridgehead atoms. The van der Waals surface area contributed by atoms with Gasteiger partial charge in [-0.25, -0.2) is 9.37 Å². The van der Waals surface area contributed by atoms with Gasteiger partial charge in [0.1, 0.15) is 11.6 Å². The van der Waals surface area contributed by atoms with E-state index in [9.17, 15) is 9.18 Å². The molecular weight excluding hydrogens is 295 g/mol. The van der Waals surface area contributed by atoms with Crippen molar-refractivity contribution in [3.8, 4) is 0 Å². The predicted octanol–water partition coefficient (Wildman–Crippen LogP) is 2.22. The Hall–Kier alpha value is -2.21. The van der Waals surface area contributed by atoms with Gasteiger partial charge >= 0.3 is 0 Å². The maximum Gasteiger partial charge on any atom is 0.237 e. The predicted molar refractivity (Wildman–Crippen MR) is 84.9 cm³/mol. The van der Waals surface area contributed by atoms with Crippen LogP contribution in [0, 0.1) is 5.82 Å². The maximum absolute atomic E-state index is 13.0. The van der Waals surface area contributed by atoms with Crippen molar-refractivity contribution >= 4 is 5.91 Å². The number of likely N-dealkylation sites (tertiary alicyclic amines) is 1. The number of amides is 1. The van der Waals surface area contributed by atoms with Gasteiger partial charge in [0.05, 0.1) is 12.6 Å². The van der Waals surface area contributed by atoms with E-state index in [4.69, 9.17) is 0 Å². The Kier molecular flexibility index (Phi) is 5.02. The molecular formula is C17H21FN4O. The summed E-state index contributed by atoms with van der Waals surface area (Å²) in [7, 11) is 0. The molecule has 0 radical (unpaired) electrons. The largest absolute Gasteiger partial charge is 0.348 e. The minimum atomic E-state index is -0.236. The molecule has 2 N–H and O–H groups in total. The summed E-state index contributed by atoms with van der Waals surface area (Å²) in [5.41, 5.74) is 1.03. The van der Waals surface area contributed by atoms with E-state index in [0.29, 0.717) is 13.1 Å². The number of hydrogen-bond acceptors (Lipinski definition) is 3. The van der Waals surface area contributed by atoms with E-state index < -0.39 is 0 Å². The lowest BCUT2D eigenvalue weighted by molar-refractivity contribution is -0.128. The van der Waals surface area contributed by atoms with Crippen LogP contribution in [0.25, 0.3) is 0 Å². The Morgan fingerprint density at radius 3 is 2.91 bits per heavy atom. The molecule has 0 aliphatic carbocycles. The van der Waals surface area contributed by atoms with Crippen LogP contribution in [-0.2, 0) is 17.9 Å². The summed E-state index contributed by atoms with van der Waals surface area (Å²) in [6.07, 6.45) is 6.40. The van der Waals surface area contributed by atoms with Crippen molar-refractivity contribution < 1.29 is 9.18 Å². The lowest BCUT2D eigenvalue weighted by Gasteiger charge is -2.34. The van der Waals surface area contributed by atoms with Gasteiger partial charge in [0, 0.05) is 18.9 Å². The number of hydrogen-bond donors (Lipinski definition) is 2. The highest BCUT2D eigenvalue weighted by molar-refractivity contribution is 5.81. The second kappa shape index (κ2) is 7.37. The molecule has 1 aromatic heterocycles. The van der Waals surface area contributed by atoms with E-state index in [1.807, 2.05) is 0 Å².